The molecule has 0 aliphatic heterocycles. The van der Waals surface area contributed by atoms with Crippen molar-refractivity contribution < 1.29 is 14.6 Å². The van der Waals surface area contributed by atoms with Crippen molar-refractivity contribution in [1.82, 2.24) is 5.43 Å². The smallest absolute Gasteiger partial charge is 0.311 e. The van der Waals surface area contributed by atoms with Gasteiger partial charge in [-0.25, -0.2) is 0 Å². The van der Waals surface area contributed by atoms with E-state index in [1.165, 1.54) is 37.4 Å². The molecule has 1 aliphatic rings. The van der Waals surface area contributed by atoms with Crippen LogP contribution in [0, 0.1) is 20.2 Å². The lowest BCUT2D eigenvalue weighted by atomic mass is 10.0. The van der Waals surface area contributed by atoms with Crippen LogP contribution in [0.4, 0.5) is 11.4 Å². The molecule has 0 radical (unpaired) electrons. The number of fused-ring (bicyclic) bond motifs is 3. The predicted octanol–water partition coefficient (Wildman–Crippen LogP) is 2.08. The van der Waals surface area contributed by atoms with Crippen LogP contribution in [0.5, 0.6) is 5.75 Å². The summed E-state index contributed by atoms with van der Waals surface area (Å²) in [4.78, 5) is 21.3. The highest BCUT2D eigenvalue weighted by Crippen LogP contribution is 2.43. The van der Waals surface area contributed by atoms with Crippen LogP contribution in [0.3, 0.4) is 0 Å². The van der Waals surface area contributed by atoms with Gasteiger partial charge in [0.05, 0.1) is 22.7 Å². The van der Waals surface area contributed by atoms with Crippen molar-refractivity contribution >= 4 is 34.4 Å². The molecule has 132 valence electrons. The average molecular weight is 373 g/mol. The SMILES string of the molecule is COc1cc2c(cc1[N+](=O)[O-])-c1ccc([N+](=O)[O-])cc1/C2=N\NC(N)=S. The number of hydrazone groups is 1. The first-order valence-corrected chi connectivity index (χ1v) is 7.53. The van der Waals surface area contributed by atoms with Gasteiger partial charge in [0.25, 0.3) is 5.69 Å². The number of nitrogens with two attached hydrogens (primary N) is 1. The zero-order chi connectivity index (χ0) is 19.0. The lowest BCUT2D eigenvalue weighted by molar-refractivity contribution is -0.385. The monoisotopic (exact) mass is 373 g/mol. The van der Waals surface area contributed by atoms with Crippen LogP contribution in [-0.2, 0) is 0 Å². The maximum Gasteiger partial charge on any atom is 0.311 e. The minimum atomic E-state index is -0.563. The number of non-ortho nitro benzene ring substituents is 1. The van der Waals surface area contributed by atoms with Crippen molar-refractivity contribution in [2.24, 2.45) is 10.8 Å². The first kappa shape index (κ1) is 17.2. The molecule has 3 N–H and O–H groups in total. The van der Waals surface area contributed by atoms with Crippen molar-refractivity contribution in [3.63, 3.8) is 0 Å². The molecule has 0 fully saturated rings. The van der Waals surface area contributed by atoms with E-state index in [1.54, 1.807) is 0 Å². The first-order valence-electron chi connectivity index (χ1n) is 7.12. The van der Waals surface area contributed by atoms with Crippen molar-refractivity contribution in [1.29, 1.82) is 0 Å². The lowest BCUT2D eigenvalue weighted by Gasteiger charge is -2.06. The van der Waals surface area contributed by atoms with Crippen LogP contribution in [0.1, 0.15) is 11.1 Å². The summed E-state index contributed by atoms with van der Waals surface area (Å²) in [6.07, 6.45) is 0. The molecule has 1 aliphatic carbocycles. The number of nitro groups is 2. The molecule has 0 amide bonds. The van der Waals surface area contributed by atoms with E-state index >= 15 is 0 Å². The van der Waals surface area contributed by atoms with Gasteiger partial charge in [0.2, 0.25) is 0 Å². The molecule has 0 unspecified atom stereocenters. The van der Waals surface area contributed by atoms with Crippen molar-refractivity contribution in [3.8, 4) is 16.9 Å². The van der Waals surface area contributed by atoms with E-state index in [0.717, 1.165) is 0 Å². The molecule has 2 aromatic carbocycles. The van der Waals surface area contributed by atoms with E-state index in [9.17, 15) is 20.2 Å². The zero-order valence-electron chi connectivity index (χ0n) is 13.3. The number of nitrogens with one attached hydrogen (secondary N) is 1. The molecule has 26 heavy (non-hydrogen) atoms. The summed E-state index contributed by atoms with van der Waals surface area (Å²) in [6.45, 7) is 0. The topological polar surface area (TPSA) is 146 Å². The van der Waals surface area contributed by atoms with E-state index in [-0.39, 0.29) is 22.2 Å². The predicted molar refractivity (Wildman–Crippen MR) is 97.3 cm³/mol. The molecule has 0 atom stereocenters. The molecule has 0 bridgehead atoms. The first-order chi connectivity index (χ1) is 12.3. The molecule has 0 aromatic heterocycles. The van der Waals surface area contributed by atoms with Crippen LogP contribution in [0.15, 0.2) is 35.4 Å². The quantitative estimate of drug-likeness (QED) is 0.401. The maximum atomic E-state index is 11.3. The van der Waals surface area contributed by atoms with Crippen LogP contribution < -0.4 is 15.9 Å². The molecular weight excluding hydrogens is 362 g/mol. The third kappa shape index (κ3) is 2.80. The fourth-order valence-corrected chi connectivity index (χ4v) is 2.79. The largest absolute Gasteiger partial charge is 0.490 e. The normalized spacial score (nSPS) is 13.0. The summed E-state index contributed by atoms with van der Waals surface area (Å²) in [7, 11) is 1.31. The highest BCUT2D eigenvalue weighted by atomic mass is 32.1. The van der Waals surface area contributed by atoms with Crippen LogP contribution in [0.25, 0.3) is 11.1 Å². The maximum absolute atomic E-state index is 11.3. The summed E-state index contributed by atoms with van der Waals surface area (Å²) in [5.74, 6) is 0.0408. The Hall–Kier alpha value is -3.60. The Morgan fingerprint density at radius 2 is 1.81 bits per heavy atom. The zero-order valence-corrected chi connectivity index (χ0v) is 14.1. The molecule has 10 nitrogen and oxygen atoms in total. The average Bonchev–Trinajstić information content (AvgIpc) is 2.90. The number of thiocarbonyl (C=S) groups is 1. The van der Waals surface area contributed by atoms with Gasteiger partial charge in [0, 0.05) is 29.3 Å². The third-order valence-corrected chi connectivity index (χ3v) is 3.90. The summed E-state index contributed by atoms with van der Waals surface area (Å²) < 4.78 is 5.09. The summed E-state index contributed by atoms with van der Waals surface area (Å²) in [6, 6.07) is 6.99. The van der Waals surface area contributed by atoms with Gasteiger partial charge in [0.1, 0.15) is 0 Å². The lowest BCUT2D eigenvalue weighted by Crippen LogP contribution is -2.25. The van der Waals surface area contributed by atoms with Crippen LogP contribution in [-0.4, -0.2) is 27.8 Å². The van der Waals surface area contributed by atoms with Gasteiger partial charge in [-0.2, -0.15) is 5.10 Å². The fraction of sp³-hybridized carbons (Fsp3) is 0.0667. The van der Waals surface area contributed by atoms with Crippen molar-refractivity contribution in [2.75, 3.05) is 7.11 Å². The Labute approximate surface area is 151 Å². The summed E-state index contributed by atoms with van der Waals surface area (Å²) in [5.41, 5.74) is 9.82. The number of nitro benzene ring substituents is 2. The Balaban J connectivity index is 2.30. The Kier molecular flexibility index (Phi) is 4.22. The number of ether oxygens (including phenoxy) is 1. The van der Waals surface area contributed by atoms with Gasteiger partial charge in [-0.3, -0.25) is 25.7 Å². The van der Waals surface area contributed by atoms with Gasteiger partial charge >= 0.3 is 5.69 Å². The highest BCUT2D eigenvalue weighted by Gasteiger charge is 2.31. The fourth-order valence-electron chi connectivity index (χ4n) is 2.75. The molecule has 0 heterocycles. The highest BCUT2D eigenvalue weighted by molar-refractivity contribution is 7.80. The number of hydrogen-bond donors (Lipinski definition) is 2. The number of hydrogen-bond acceptors (Lipinski definition) is 7. The van der Waals surface area contributed by atoms with Gasteiger partial charge in [-0.1, -0.05) is 0 Å². The van der Waals surface area contributed by atoms with E-state index in [0.29, 0.717) is 28.0 Å². The second-order valence-electron chi connectivity index (χ2n) is 5.25. The molecule has 2 aromatic rings. The molecule has 0 saturated heterocycles. The number of nitrogens with zero attached hydrogens (tertiary/aromatic N) is 3. The van der Waals surface area contributed by atoms with Gasteiger partial charge in [-0.05, 0) is 35.5 Å². The number of methoxy groups -OCH3 is 1. The van der Waals surface area contributed by atoms with E-state index in [2.05, 4.69) is 10.5 Å². The molecule has 0 spiro atoms. The van der Waals surface area contributed by atoms with Gasteiger partial charge < -0.3 is 10.5 Å². The second-order valence-corrected chi connectivity index (χ2v) is 5.69. The summed E-state index contributed by atoms with van der Waals surface area (Å²) >= 11 is 4.74. The molecule has 3 rings (SSSR count). The Morgan fingerprint density at radius 3 is 2.38 bits per heavy atom. The number of rotatable bonds is 4. The minimum absolute atomic E-state index is 0.0408. The van der Waals surface area contributed by atoms with Crippen molar-refractivity contribution in [2.45, 2.75) is 0 Å². The van der Waals surface area contributed by atoms with Gasteiger partial charge in [0.15, 0.2) is 10.9 Å². The second kappa shape index (κ2) is 6.37. The molecular formula is C15H11N5O5S. The van der Waals surface area contributed by atoms with Crippen LogP contribution in [0.2, 0.25) is 0 Å². The Bertz CT molecular complexity index is 1000. The van der Waals surface area contributed by atoms with Crippen molar-refractivity contribution in [3.05, 3.63) is 61.7 Å². The van der Waals surface area contributed by atoms with E-state index in [1.807, 2.05) is 0 Å². The van der Waals surface area contributed by atoms with Gasteiger partial charge in [-0.15, -0.1) is 0 Å². The molecule has 11 heteroatoms. The summed E-state index contributed by atoms with van der Waals surface area (Å²) in [5, 5.41) is 26.4. The Morgan fingerprint density at radius 1 is 1.12 bits per heavy atom. The number of benzene rings is 2. The van der Waals surface area contributed by atoms with E-state index in [4.69, 9.17) is 22.7 Å². The van der Waals surface area contributed by atoms with Crippen LogP contribution >= 0.6 is 12.2 Å². The molecule has 0 saturated carbocycles. The minimum Gasteiger partial charge on any atom is -0.490 e. The van der Waals surface area contributed by atoms with E-state index < -0.39 is 9.85 Å². The standard InChI is InChI=1S/C15H11N5O5S/c1-25-13-6-11-9(5-12(13)20(23)24)8-3-2-7(19(21)22)4-10(8)14(11)17-18-15(16)26/h2-6H,1H3,(H3,16,18,26)/b17-14+. The third-order valence-electron chi connectivity index (χ3n) is 3.81.